The molecule has 0 aliphatic rings. The standard InChI is InChI=1S/C12H14N2O2/c1-3-5-11-13-8-10-9(12(15)16-2)6-4-7-14(10)11/h4,6-8H,3,5H2,1-2H3. The van der Waals surface area contributed by atoms with Crippen LogP contribution in [0, 0.1) is 0 Å². The van der Waals surface area contributed by atoms with E-state index in [2.05, 4.69) is 11.9 Å². The molecule has 4 nitrogen and oxygen atoms in total. The van der Waals surface area contributed by atoms with Gasteiger partial charge in [0.1, 0.15) is 5.82 Å². The van der Waals surface area contributed by atoms with E-state index in [1.165, 1.54) is 7.11 Å². The van der Waals surface area contributed by atoms with E-state index in [0.29, 0.717) is 5.56 Å². The Bertz CT molecular complexity index is 517. The van der Waals surface area contributed by atoms with Crippen LogP contribution in [0.3, 0.4) is 0 Å². The van der Waals surface area contributed by atoms with Crippen molar-refractivity contribution < 1.29 is 9.53 Å². The largest absolute Gasteiger partial charge is 0.465 e. The van der Waals surface area contributed by atoms with Crippen LogP contribution in [-0.2, 0) is 11.2 Å². The SMILES string of the molecule is CCCc1ncc2c(C(=O)OC)cccn12. The zero-order valence-electron chi connectivity index (χ0n) is 9.43. The van der Waals surface area contributed by atoms with Crippen molar-refractivity contribution in [1.29, 1.82) is 0 Å². The molecule has 0 amide bonds. The van der Waals surface area contributed by atoms with Gasteiger partial charge < -0.3 is 9.14 Å². The molecule has 2 rings (SSSR count). The van der Waals surface area contributed by atoms with Crippen molar-refractivity contribution in [3.8, 4) is 0 Å². The number of esters is 1. The van der Waals surface area contributed by atoms with E-state index >= 15 is 0 Å². The minimum Gasteiger partial charge on any atom is -0.465 e. The van der Waals surface area contributed by atoms with Gasteiger partial charge in [-0.1, -0.05) is 6.92 Å². The van der Waals surface area contributed by atoms with Gasteiger partial charge in [-0.3, -0.25) is 0 Å². The lowest BCUT2D eigenvalue weighted by molar-refractivity contribution is 0.0602. The molecular weight excluding hydrogens is 204 g/mol. The van der Waals surface area contributed by atoms with Gasteiger partial charge in [0.15, 0.2) is 0 Å². The van der Waals surface area contributed by atoms with Crippen molar-refractivity contribution in [2.45, 2.75) is 19.8 Å². The Balaban J connectivity index is 2.57. The van der Waals surface area contributed by atoms with Crippen molar-refractivity contribution in [2.75, 3.05) is 7.11 Å². The summed E-state index contributed by atoms with van der Waals surface area (Å²) >= 11 is 0. The average Bonchev–Trinajstić information content (AvgIpc) is 2.72. The molecule has 0 saturated carbocycles. The van der Waals surface area contributed by atoms with Gasteiger partial charge in [0, 0.05) is 12.6 Å². The van der Waals surface area contributed by atoms with Crippen LogP contribution in [0.2, 0.25) is 0 Å². The maximum Gasteiger partial charge on any atom is 0.340 e. The fourth-order valence-electron chi connectivity index (χ4n) is 1.77. The first-order valence-corrected chi connectivity index (χ1v) is 5.31. The number of imidazole rings is 1. The molecule has 0 aromatic carbocycles. The fourth-order valence-corrected chi connectivity index (χ4v) is 1.77. The summed E-state index contributed by atoms with van der Waals surface area (Å²) in [6.07, 6.45) is 5.57. The summed E-state index contributed by atoms with van der Waals surface area (Å²) in [7, 11) is 1.38. The zero-order chi connectivity index (χ0) is 11.5. The molecule has 0 atom stereocenters. The van der Waals surface area contributed by atoms with Crippen molar-refractivity contribution in [2.24, 2.45) is 0 Å². The van der Waals surface area contributed by atoms with Crippen LogP contribution in [0.4, 0.5) is 0 Å². The Hall–Kier alpha value is -1.84. The van der Waals surface area contributed by atoms with Crippen LogP contribution < -0.4 is 0 Å². The van der Waals surface area contributed by atoms with E-state index in [1.54, 1.807) is 12.3 Å². The third kappa shape index (κ3) is 1.66. The Morgan fingerprint density at radius 1 is 1.56 bits per heavy atom. The number of carbonyl (C=O) groups is 1. The quantitative estimate of drug-likeness (QED) is 0.741. The van der Waals surface area contributed by atoms with Crippen LogP contribution in [0.25, 0.3) is 5.52 Å². The number of hydrogen-bond acceptors (Lipinski definition) is 3. The number of aryl methyl sites for hydroxylation is 1. The van der Waals surface area contributed by atoms with Gasteiger partial charge in [-0.2, -0.15) is 0 Å². The molecule has 2 aromatic rings. The van der Waals surface area contributed by atoms with Gasteiger partial charge in [-0.05, 0) is 18.6 Å². The van der Waals surface area contributed by atoms with E-state index < -0.39 is 0 Å². The number of rotatable bonds is 3. The lowest BCUT2D eigenvalue weighted by Gasteiger charge is -2.03. The third-order valence-electron chi connectivity index (χ3n) is 2.53. The number of fused-ring (bicyclic) bond motifs is 1. The summed E-state index contributed by atoms with van der Waals surface area (Å²) in [6, 6.07) is 3.58. The second-order valence-corrected chi connectivity index (χ2v) is 3.59. The van der Waals surface area contributed by atoms with Crippen LogP contribution in [0.1, 0.15) is 29.5 Å². The molecule has 0 fully saturated rings. The highest BCUT2D eigenvalue weighted by atomic mass is 16.5. The summed E-state index contributed by atoms with van der Waals surface area (Å²) in [4.78, 5) is 15.8. The number of hydrogen-bond donors (Lipinski definition) is 0. The molecule has 0 bridgehead atoms. The maximum absolute atomic E-state index is 11.5. The molecular formula is C12H14N2O2. The van der Waals surface area contributed by atoms with Crippen LogP contribution >= 0.6 is 0 Å². The molecule has 16 heavy (non-hydrogen) atoms. The molecule has 0 aliphatic carbocycles. The first-order valence-electron chi connectivity index (χ1n) is 5.31. The Morgan fingerprint density at radius 2 is 2.38 bits per heavy atom. The van der Waals surface area contributed by atoms with Gasteiger partial charge >= 0.3 is 5.97 Å². The van der Waals surface area contributed by atoms with Crippen LogP contribution in [-0.4, -0.2) is 22.5 Å². The molecule has 0 radical (unpaired) electrons. The van der Waals surface area contributed by atoms with Crippen LogP contribution in [0.15, 0.2) is 24.5 Å². The maximum atomic E-state index is 11.5. The predicted molar refractivity (Wildman–Crippen MR) is 60.5 cm³/mol. The van der Waals surface area contributed by atoms with E-state index in [1.807, 2.05) is 16.7 Å². The summed E-state index contributed by atoms with van der Waals surface area (Å²) in [5.41, 5.74) is 1.36. The number of pyridine rings is 1. The Morgan fingerprint density at radius 3 is 3.06 bits per heavy atom. The topological polar surface area (TPSA) is 43.6 Å². The van der Waals surface area contributed by atoms with Crippen LogP contribution in [0.5, 0.6) is 0 Å². The zero-order valence-corrected chi connectivity index (χ0v) is 9.43. The van der Waals surface area contributed by atoms with Crippen molar-refractivity contribution in [1.82, 2.24) is 9.38 Å². The predicted octanol–water partition coefficient (Wildman–Crippen LogP) is 2.07. The van der Waals surface area contributed by atoms with Crippen molar-refractivity contribution >= 4 is 11.5 Å². The number of ether oxygens (including phenoxy) is 1. The second kappa shape index (κ2) is 4.35. The number of carbonyl (C=O) groups excluding carboxylic acids is 1. The van der Waals surface area contributed by atoms with Gasteiger partial charge in [-0.25, -0.2) is 9.78 Å². The summed E-state index contributed by atoms with van der Waals surface area (Å²) in [5.74, 6) is 0.650. The first kappa shape index (κ1) is 10.7. The summed E-state index contributed by atoms with van der Waals surface area (Å²) < 4.78 is 6.67. The first-order chi connectivity index (χ1) is 7.77. The minimum atomic E-state index is -0.325. The Labute approximate surface area is 93.9 Å². The molecule has 0 saturated heterocycles. The van der Waals surface area contributed by atoms with E-state index in [9.17, 15) is 4.79 Å². The number of methoxy groups -OCH3 is 1. The number of aromatic nitrogens is 2. The summed E-state index contributed by atoms with van der Waals surface area (Å²) in [6.45, 7) is 2.10. The third-order valence-corrected chi connectivity index (χ3v) is 2.53. The average molecular weight is 218 g/mol. The minimum absolute atomic E-state index is 0.325. The molecule has 4 heteroatoms. The lowest BCUT2D eigenvalue weighted by Crippen LogP contribution is -2.04. The van der Waals surface area contributed by atoms with Gasteiger partial charge in [0.2, 0.25) is 0 Å². The highest BCUT2D eigenvalue weighted by molar-refractivity contribution is 5.96. The van der Waals surface area contributed by atoms with Gasteiger partial charge in [0.05, 0.1) is 24.4 Å². The van der Waals surface area contributed by atoms with E-state index in [-0.39, 0.29) is 5.97 Å². The highest BCUT2D eigenvalue weighted by Gasteiger charge is 2.12. The highest BCUT2D eigenvalue weighted by Crippen LogP contribution is 2.14. The lowest BCUT2D eigenvalue weighted by atomic mass is 10.2. The normalized spacial score (nSPS) is 10.6. The van der Waals surface area contributed by atoms with Gasteiger partial charge in [-0.15, -0.1) is 0 Å². The monoisotopic (exact) mass is 218 g/mol. The smallest absolute Gasteiger partial charge is 0.340 e. The summed E-state index contributed by atoms with van der Waals surface area (Å²) in [5, 5.41) is 0. The van der Waals surface area contributed by atoms with Crippen molar-refractivity contribution in [3.05, 3.63) is 35.9 Å². The molecule has 2 heterocycles. The van der Waals surface area contributed by atoms with E-state index in [0.717, 1.165) is 24.2 Å². The second-order valence-electron chi connectivity index (χ2n) is 3.59. The van der Waals surface area contributed by atoms with E-state index in [4.69, 9.17) is 4.74 Å². The molecule has 0 aliphatic heterocycles. The van der Waals surface area contributed by atoms with Crippen molar-refractivity contribution in [3.63, 3.8) is 0 Å². The number of nitrogens with zero attached hydrogens (tertiary/aromatic N) is 2. The molecule has 84 valence electrons. The fraction of sp³-hybridized carbons (Fsp3) is 0.333. The molecule has 2 aromatic heterocycles. The Kier molecular flexibility index (Phi) is 2.90. The molecule has 0 unspecified atom stereocenters. The molecule has 0 spiro atoms. The molecule has 0 N–H and O–H groups in total. The van der Waals surface area contributed by atoms with Gasteiger partial charge in [0.25, 0.3) is 0 Å².